The van der Waals surface area contributed by atoms with E-state index in [0.717, 1.165) is 62.8 Å². The maximum atomic E-state index is 11.4. The molecule has 0 spiro atoms. The largest absolute Gasteiger partial charge is 0.497 e. The minimum absolute atomic E-state index is 0.0914. The molecule has 1 saturated heterocycles. The average Bonchev–Trinajstić information content (AvgIpc) is 2.63. The molecule has 0 saturated carbocycles. The lowest BCUT2D eigenvalue weighted by Crippen LogP contribution is -2.46. The summed E-state index contributed by atoms with van der Waals surface area (Å²) in [7, 11) is 3.38. The van der Waals surface area contributed by atoms with Crippen LogP contribution >= 0.6 is 0 Å². The van der Waals surface area contributed by atoms with Crippen LogP contribution in [0.1, 0.15) is 25.3 Å². The first kappa shape index (κ1) is 19.5. The third-order valence-electron chi connectivity index (χ3n) is 4.51. The molecule has 1 aliphatic rings. The molecule has 1 aliphatic heterocycles. The zero-order chi connectivity index (χ0) is 18.1. The van der Waals surface area contributed by atoms with Crippen LogP contribution in [0.25, 0.3) is 0 Å². The van der Waals surface area contributed by atoms with E-state index in [2.05, 4.69) is 9.80 Å². The zero-order valence-corrected chi connectivity index (χ0v) is 15.6. The van der Waals surface area contributed by atoms with Gasteiger partial charge in [-0.1, -0.05) is 0 Å². The summed E-state index contributed by atoms with van der Waals surface area (Å²) >= 11 is 0. The van der Waals surface area contributed by atoms with E-state index in [1.807, 2.05) is 25.1 Å². The predicted octanol–water partition coefficient (Wildman–Crippen LogP) is 2.16. The van der Waals surface area contributed by atoms with Gasteiger partial charge in [0.2, 0.25) is 0 Å². The Morgan fingerprint density at radius 2 is 1.80 bits per heavy atom. The molecule has 0 radical (unpaired) electrons. The Morgan fingerprint density at radius 3 is 2.44 bits per heavy atom. The van der Waals surface area contributed by atoms with Crippen molar-refractivity contribution in [1.82, 2.24) is 9.80 Å². The van der Waals surface area contributed by atoms with Crippen LogP contribution in [0.4, 0.5) is 0 Å². The number of hydrogen-bond donors (Lipinski definition) is 0. The number of piperazine rings is 1. The summed E-state index contributed by atoms with van der Waals surface area (Å²) in [5.41, 5.74) is 1.15. The van der Waals surface area contributed by atoms with Gasteiger partial charge in [-0.05, 0) is 38.1 Å². The third kappa shape index (κ3) is 6.21. The molecule has 0 aliphatic carbocycles. The Labute approximate surface area is 150 Å². The van der Waals surface area contributed by atoms with Crippen LogP contribution in [0.2, 0.25) is 0 Å². The minimum atomic E-state index is -0.0914. The highest BCUT2D eigenvalue weighted by Crippen LogP contribution is 2.25. The maximum absolute atomic E-state index is 11.4. The monoisotopic (exact) mass is 350 g/mol. The van der Waals surface area contributed by atoms with Gasteiger partial charge in [-0.3, -0.25) is 9.69 Å². The quantitative estimate of drug-likeness (QED) is 0.636. The number of nitrogens with zero attached hydrogens (tertiary/aromatic N) is 2. The summed E-state index contributed by atoms with van der Waals surface area (Å²) in [6.07, 6.45) is 1.37. The van der Waals surface area contributed by atoms with Crippen LogP contribution in [-0.4, -0.2) is 69.3 Å². The van der Waals surface area contributed by atoms with Gasteiger partial charge in [0.15, 0.2) is 0 Å². The number of rotatable bonds is 9. The lowest BCUT2D eigenvalue weighted by Gasteiger charge is -2.34. The molecule has 0 bridgehead atoms. The van der Waals surface area contributed by atoms with Crippen LogP contribution in [0, 0.1) is 0 Å². The van der Waals surface area contributed by atoms with Gasteiger partial charge in [-0.25, -0.2) is 0 Å². The first-order chi connectivity index (χ1) is 12.2. The van der Waals surface area contributed by atoms with Crippen molar-refractivity contribution in [2.75, 3.05) is 53.6 Å². The van der Waals surface area contributed by atoms with Crippen LogP contribution in [0.5, 0.6) is 11.5 Å². The topological polar surface area (TPSA) is 51.2 Å². The predicted molar refractivity (Wildman–Crippen MR) is 97.1 cm³/mol. The van der Waals surface area contributed by atoms with Crippen LogP contribution in [0.3, 0.4) is 0 Å². The van der Waals surface area contributed by atoms with Crippen molar-refractivity contribution in [1.29, 1.82) is 0 Å². The highest BCUT2D eigenvalue weighted by atomic mass is 16.5. The smallest absolute Gasteiger partial charge is 0.305 e. The zero-order valence-electron chi connectivity index (χ0n) is 15.6. The Morgan fingerprint density at radius 1 is 1.08 bits per heavy atom. The molecular weight excluding hydrogens is 320 g/mol. The maximum Gasteiger partial charge on any atom is 0.305 e. The van der Waals surface area contributed by atoms with Gasteiger partial charge in [0.05, 0.1) is 20.8 Å². The molecule has 25 heavy (non-hydrogen) atoms. The second-order valence-corrected chi connectivity index (χ2v) is 6.20. The van der Waals surface area contributed by atoms with E-state index in [9.17, 15) is 4.79 Å². The fraction of sp³-hybridized carbons (Fsp3) is 0.632. The van der Waals surface area contributed by atoms with E-state index in [1.54, 1.807) is 14.2 Å². The van der Waals surface area contributed by atoms with Crippen molar-refractivity contribution in [3.8, 4) is 11.5 Å². The third-order valence-corrected chi connectivity index (χ3v) is 4.51. The van der Waals surface area contributed by atoms with Gasteiger partial charge >= 0.3 is 5.97 Å². The van der Waals surface area contributed by atoms with E-state index in [4.69, 9.17) is 14.2 Å². The van der Waals surface area contributed by atoms with Crippen molar-refractivity contribution < 1.29 is 19.0 Å². The van der Waals surface area contributed by atoms with Gasteiger partial charge in [0.1, 0.15) is 11.5 Å². The van der Waals surface area contributed by atoms with E-state index in [1.165, 1.54) is 0 Å². The molecule has 0 unspecified atom stereocenters. The van der Waals surface area contributed by atoms with E-state index >= 15 is 0 Å². The molecule has 0 atom stereocenters. The SMILES string of the molecule is CCOC(=O)CCCN1CCN(Cc2cc(OC)ccc2OC)CC1. The lowest BCUT2D eigenvalue weighted by atomic mass is 10.1. The first-order valence-corrected chi connectivity index (χ1v) is 8.97. The summed E-state index contributed by atoms with van der Waals surface area (Å²) in [5.74, 6) is 1.66. The molecule has 0 amide bonds. The Balaban J connectivity index is 1.76. The van der Waals surface area contributed by atoms with E-state index in [-0.39, 0.29) is 5.97 Å². The Hall–Kier alpha value is -1.79. The number of carbonyl (C=O) groups is 1. The van der Waals surface area contributed by atoms with Crippen LogP contribution < -0.4 is 9.47 Å². The molecule has 1 aromatic carbocycles. The summed E-state index contributed by atoms with van der Waals surface area (Å²) < 4.78 is 15.8. The van der Waals surface area contributed by atoms with E-state index < -0.39 is 0 Å². The van der Waals surface area contributed by atoms with Crippen molar-refractivity contribution >= 4 is 5.97 Å². The van der Waals surface area contributed by atoms with Gasteiger partial charge in [-0.15, -0.1) is 0 Å². The molecule has 140 valence electrons. The molecule has 2 rings (SSSR count). The van der Waals surface area contributed by atoms with Gasteiger partial charge < -0.3 is 19.1 Å². The molecule has 1 heterocycles. The number of benzene rings is 1. The van der Waals surface area contributed by atoms with Gasteiger partial charge in [0.25, 0.3) is 0 Å². The fourth-order valence-electron chi connectivity index (χ4n) is 3.10. The summed E-state index contributed by atoms with van der Waals surface area (Å²) in [5, 5.41) is 0. The number of hydrogen-bond acceptors (Lipinski definition) is 6. The molecular formula is C19H30N2O4. The normalized spacial score (nSPS) is 15.8. The number of carbonyl (C=O) groups excluding carboxylic acids is 1. The fourth-order valence-corrected chi connectivity index (χ4v) is 3.10. The summed E-state index contributed by atoms with van der Waals surface area (Å²) in [4.78, 5) is 16.2. The second kappa shape index (κ2) is 10.3. The molecule has 1 fully saturated rings. The summed E-state index contributed by atoms with van der Waals surface area (Å²) in [6, 6.07) is 5.92. The first-order valence-electron chi connectivity index (χ1n) is 8.97. The highest BCUT2D eigenvalue weighted by molar-refractivity contribution is 5.69. The molecule has 0 aromatic heterocycles. The van der Waals surface area contributed by atoms with Crippen molar-refractivity contribution in [3.05, 3.63) is 23.8 Å². The molecule has 6 heteroatoms. The van der Waals surface area contributed by atoms with Gasteiger partial charge in [0, 0.05) is 44.7 Å². The lowest BCUT2D eigenvalue weighted by molar-refractivity contribution is -0.143. The van der Waals surface area contributed by atoms with E-state index in [0.29, 0.717) is 13.0 Å². The van der Waals surface area contributed by atoms with Crippen molar-refractivity contribution in [2.24, 2.45) is 0 Å². The minimum Gasteiger partial charge on any atom is -0.497 e. The van der Waals surface area contributed by atoms with Crippen molar-refractivity contribution in [3.63, 3.8) is 0 Å². The Bertz CT molecular complexity index is 542. The molecule has 6 nitrogen and oxygen atoms in total. The van der Waals surface area contributed by atoms with Gasteiger partial charge in [-0.2, -0.15) is 0 Å². The molecule has 0 N–H and O–H groups in total. The van der Waals surface area contributed by atoms with Crippen molar-refractivity contribution in [2.45, 2.75) is 26.3 Å². The number of methoxy groups -OCH3 is 2. The second-order valence-electron chi connectivity index (χ2n) is 6.20. The number of esters is 1. The van der Waals surface area contributed by atoms with Crippen LogP contribution in [0.15, 0.2) is 18.2 Å². The van der Waals surface area contributed by atoms with Crippen LogP contribution in [-0.2, 0) is 16.1 Å². The highest BCUT2D eigenvalue weighted by Gasteiger charge is 2.18. The number of ether oxygens (including phenoxy) is 3. The average molecular weight is 350 g/mol. The molecule has 1 aromatic rings. The standard InChI is InChI=1S/C19H30N2O4/c1-4-25-19(22)6-5-9-20-10-12-21(13-11-20)15-16-14-17(23-2)7-8-18(16)24-3/h7-8,14H,4-6,9-13,15H2,1-3H3. The summed E-state index contributed by atoms with van der Waals surface area (Å²) in [6.45, 7) is 8.19. The Kier molecular flexibility index (Phi) is 8.01.